The molecule has 27 heavy (non-hydrogen) atoms. The van der Waals surface area contributed by atoms with Gasteiger partial charge in [0.25, 0.3) is 0 Å². The van der Waals surface area contributed by atoms with E-state index in [0.29, 0.717) is 0 Å². The van der Waals surface area contributed by atoms with E-state index in [1.165, 1.54) is 0 Å². The van der Waals surface area contributed by atoms with Crippen LogP contribution in [0.4, 0.5) is 4.79 Å². The number of alkyl carbamates (subject to hydrolysis) is 1. The molecule has 1 aliphatic carbocycles. The van der Waals surface area contributed by atoms with Crippen molar-refractivity contribution in [2.24, 2.45) is 0 Å². The van der Waals surface area contributed by atoms with Crippen molar-refractivity contribution in [3.63, 3.8) is 0 Å². The van der Waals surface area contributed by atoms with Crippen molar-refractivity contribution in [3.8, 4) is 11.1 Å². The number of carboxylic acid groups (broad SMARTS) is 1. The quantitative estimate of drug-likeness (QED) is 0.697. The number of carbonyl (C=O) groups is 2. The molecule has 2 aromatic rings. The molecule has 6 heteroatoms. The lowest BCUT2D eigenvalue weighted by atomic mass is 9.98. The van der Waals surface area contributed by atoms with Crippen LogP contribution in [-0.4, -0.2) is 41.0 Å². The molecule has 0 spiro atoms. The third kappa shape index (κ3) is 4.28. The second-order valence-corrected chi connectivity index (χ2v) is 6.79. The highest BCUT2D eigenvalue weighted by Crippen LogP contribution is 2.44. The van der Waals surface area contributed by atoms with Gasteiger partial charge in [0, 0.05) is 5.92 Å². The van der Waals surface area contributed by atoms with Crippen LogP contribution in [-0.2, 0) is 9.53 Å². The van der Waals surface area contributed by atoms with Gasteiger partial charge < -0.3 is 20.3 Å². The van der Waals surface area contributed by atoms with Crippen LogP contribution in [0.15, 0.2) is 48.5 Å². The zero-order valence-electron chi connectivity index (χ0n) is 15.1. The Morgan fingerprint density at radius 3 is 2.11 bits per heavy atom. The van der Waals surface area contributed by atoms with Crippen LogP contribution in [0.25, 0.3) is 11.1 Å². The topological polar surface area (TPSA) is 95.9 Å². The van der Waals surface area contributed by atoms with Crippen LogP contribution in [0.2, 0.25) is 0 Å². The number of rotatable bonds is 7. The van der Waals surface area contributed by atoms with E-state index in [9.17, 15) is 19.8 Å². The Bertz CT molecular complexity index is 787. The van der Waals surface area contributed by atoms with Crippen LogP contribution >= 0.6 is 0 Å². The minimum absolute atomic E-state index is 0.0797. The van der Waals surface area contributed by atoms with Gasteiger partial charge >= 0.3 is 12.1 Å². The Hall–Kier alpha value is -2.86. The first-order valence-corrected chi connectivity index (χ1v) is 8.99. The Morgan fingerprint density at radius 2 is 1.59 bits per heavy atom. The lowest BCUT2D eigenvalue weighted by molar-refractivity contribution is -0.139. The molecule has 2 atom stereocenters. The van der Waals surface area contributed by atoms with Crippen LogP contribution in [0.3, 0.4) is 0 Å². The summed E-state index contributed by atoms with van der Waals surface area (Å²) in [6.45, 7) is 1.70. The fraction of sp³-hybridized carbons (Fsp3) is 0.333. The lowest BCUT2D eigenvalue weighted by Crippen LogP contribution is -2.41. The molecule has 0 fully saturated rings. The Morgan fingerprint density at radius 1 is 1.04 bits per heavy atom. The smallest absolute Gasteiger partial charge is 0.407 e. The Balaban J connectivity index is 1.66. The predicted molar refractivity (Wildman–Crippen MR) is 101 cm³/mol. The zero-order chi connectivity index (χ0) is 19.4. The number of aliphatic hydroxyl groups is 1. The maximum absolute atomic E-state index is 12.1. The first kappa shape index (κ1) is 18.9. The second kappa shape index (κ2) is 8.22. The van der Waals surface area contributed by atoms with Gasteiger partial charge in [-0.2, -0.15) is 0 Å². The van der Waals surface area contributed by atoms with Gasteiger partial charge in [0.05, 0.1) is 6.10 Å². The number of aliphatic hydroxyl groups excluding tert-OH is 1. The summed E-state index contributed by atoms with van der Waals surface area (Å²) in [7, 11) is 0. The fourth-order valence-electron chi connectivity index (χ4n) is 3.45. The summed E-state index contributed by atoms with van der Waals surface area (Å²) >= 11 is 0. The number of fused-ring (bicyclic) bond motifs is 3. The average Bonchev–Trinajstić information content (AvgIpc) is 2.97. The highest BCUT2D eigenvalue weighted by Gasteiger charge is 2.29. The molecule has 1 amide bonds. The van der Waals surface area contributed by atoms with Crippen molar-refractivity contribution < 1.29 is 24.5 Å². The van der Waals surface area contributed by atoms with Crippen molar-refractivity contribution in [1.82, 2.24) is 5.32 Å². The van der Waals surface area contributed by atoms with Gasteiger partial charge in [-0.05, 0) is 42.0 Å². The van der Waals surface area contributed by atoms with Crippen molar-refractivity contribution in [1.29, 1.82) is 0 Å². The number of nitrogens with one attached hydrogen (secondary N) is 1. The van der Waals surface area contributed by atoms with Gasteiger partial charge in [-0.3, -0.25) is 0 Å². The maximum Gasteiger partial charge on any atom is 0.407 e. The van der Waals surface area contributed by atoms with E-state index in [1.54, 1.807) is 6.92 Å². The number of aliphatic carboxylic acids is 1. The van der Waals surface area contributed by atoms with E-state index in [1.807, 2.05) is 48.5 Å². The molecule has 3 N–H and O–H groups in total. The molecular formula is C21H23NO5. The molecule has 2 aromatic carbocycles. The van der Waals surface area contributed by atoms with Crippen molar-refractivity contribution >= 4 is 12.1 Å². The molecule has 0 saturated carbocycles. The first-order chi connectivity index (χ1) is 13.0. The van der Waals surface area contributed by atoms with Gasteiger partial charge in [0.1, 0.15) is 12.6 Å². The van der Waals surface area contributed by atoms with Gasteiger partial charge in [-0.15, -0.1) is 0 Å². The van der Waals surface area contributed by atoms with E-state index in [-0.39, 0.29) is 25.4 Å². The predicted octanol–water partition coefficient (Wildman–Crippen LogP) is 3.14. The number of hydrogen-bond acceptors (Lipinski definition) is 4. The van der Waals surface area contributed by atoms with Crippen molar-refractivity contribution in [3.05, 3.63) is 59.7 Å². The molecule has 0 unspecified atom stereocenters. The number of hydrogen-bond donors (Lipinski definition) is 3. The first-order valence-electron chi connectivity index (χ1n) is 8.99. The summed E-state index contributed by atoms with van der Waals surface area (Å²) < 4.78 is 5.35. The summed E-state index contributed by atoms with van der Waals surface area (Å²) in [6.07, 6.45) is -0.983. The number of carbonyl (C=O) groups excluding carboxylic acids is 1. The highest BCUT2D eigenvalue weighted by atomic mass is 16.5. The average molecular weight is 369 g/mol. The number of benzene rings is 2. The SMILES string of the molecule is C[C@H](O)CC[C@@H](NC(=O)OCC1c2ccccc2-c2ccccc21)C(=O)O. The monoisotopic (exact) mass is 369 g/mol. The molecule has 1 aliphatic rings. The van der Waals surface area contributed by atoms with Crippen molar-refractivity contribution in [2.45, 2.75) is 37.8 Å². The van der Waals surface area contributed by atoms with Crippen LogP contribution in [0.1, 0.15) is 36.8 Å². The minimum Gasteiger partial charge on any atom is -0.480 e. The van der Waals surface area contributed by atoms with E-state index >= 15 is 0 Å². The summed E-state index contributed by atoms with van der Waals surface area (Å²) in [6, 6.07) is 14.9. The molecule has 0 radical (unpaired) electrons. The molecule has 0 aliphatic heterocycles. The van der Waals surface area contributed by atoms with Gasteiger partial charge in [0.15, 0.2) is 0 Å². The molecule has 0 aromatic heterocycles. The molecule has 0 heterocycles. The highest BCUT2D eigenvalue weighted by molar-refractivity contribution is 5.81. The minimum atomic E-state index is -1.15. The normalized spacial score (nSPS) is 14.7. The number of ether oxygens (including phenoxy) is 1. The van der Waals surface area contributed by atoms with Crippen LogP contribution in [0.5, 0.6) is 0 Å². The molecule has 0 bridgehead atoms. The summed E-state index contributed by atoms with van der Waals surface area (Å²) in [4.78, 5) is 23.4. The van der Waals surface area contributed by atoms with Gasteiger partial charge in [0.2, 0.25) is 0 Å². The summed E-state index contributed by atoms with van der Waals surface area (Å²) in [5.74, 6) is -1.23. The summed E-state index contributed by atoms with van der Waals surface area (Å²) in [5, 5.41) is 20.9. The second-order valence-electron chi connectivity index (χ2n) is 6.79. The maximum atomic E-state index is 12.1. The van der Waals surface area contributed by atoms with E-state index in [0.717, 1.165) is 22.3 Å². The van der Waals surface area contributed by atoms with E-state index in [2.05, 4.69) is 5.32 Å². The fourth-order valence-corrected chi connectivity index (χ4v) is 3.45. The summed E-state index contributed by atoms with van der Waals surface area (Å²) in [5.41, 5.74) is 4.44. The number of amides is 1. The standard InChI is InChI=1S/C21H23NO5/c1-13(23)10-11-19(20(24)25)22-21(26)27-12-18-16-8-4-2-6-14(16)15-7-3-5-9-17(15)18/h2-9,13,18-19,23H,10-12H2,1H3,(H,22,26)(H,24,25)/t13-,19+/m0/s1. The van der Waals surface area contributed by atoms with E-state index < -0.39 is 24.2 Å². The molecule has 6 nitrogen and oxygen atoms in total. The van der Waals surface area contributed by atoms with Gasteiger partial charge in [-0.25, -0.2) is 9.59 Å². The van der Waals surface area contributed by atoms with E-state index in [4.69, 9.17) is 4.74 Å². The largest absolute Gasteiger partial charge is 0.480 e. The lowest BCUT2D eigenvalue weighted by Gasteiger charge is -2.18. The Kier molecular flexibility index (Phi) is 5.76. The molecule has 3 rings (SSSR count). The molecule has 142 valence electrons. The molecule has 0 saturated heterocycles. The molecular weight excluding hydrogens is 346 g/mol. The van der Waals surface area contributed by atoms with Crippen LogP contribution in [0, 0.1) is 0 Å². The van der Waals surface area contributed by atoms with Crippen LogP contribution < -0.4 is 5.32 Å². The zero-order valence-corrected chi connectivity index (χ0v) is 15.1. The Labute approximate surface area is 157 Å². The third-order valence-corrected chi connectivity index (χ3v) is 4.81. The third-order valence-electron chi connectivity index (χ3n) is 4.81. The number of carboxylic acids is 1. The van der Waals surface area contributed by atoms with Crippen molar-refractivity contribution in [2.75, 3.05) is 6.61 Å². The van der Waals surface area contributed by atoms with Gasteiger partial charge in [-0.1, -0.05) is 48.5 Å².